The molecule has 1 unspecified atom stereocenters. The number of rotatable bonds is 10. The number of hydrogen-bond acceptors (Lipinski definition) is 5. The number of hydrogen-bond donors (Lipinski definition) is 3. The lowest BCUT2D eigenvalue weighted by Crippen LogP contribution is -2.45. The van der Waals surface area contributed by atoms with E-state index in [2.05, 4.69) is 31.1 Å². The van der Waals surface area contributed by atoms with Gasteiger partial charge in [-0.05, 0) is 19.3 Å². The average molecular weight is 299 g/mol. The van der Waals surface area contributed by atoms with Gasteiger partial charge in [0.1, 0.15) is 0 Å². The molecule has 20 heavy (non-hydrogen) atoms. The average Bonchev–Trinajstić information content (AvgIpc) is 2.88. The van der Waals surface area contributed by atoms with E-state index < -0.39 is 6.10 Å². The van der Waals surface area contributed by atoms with Crippen molar-refractivity contribution in [2.45, 2.75) is 64.6 Å². The molecule has 1 rings (SSSR count). The molecule has 1 aromatic rings. The van der Waals surface area contributed by atoms with Crippen LogP contribution in [0, 0.1) is 5.92 Å². The summed E-state index contributed by atoms with van der Waals surface area (Å²) in [6.07, 6.45) is 5.53. The Morgan fingerprint density at radius 1 is 1.35 bits per heavy atom. The molecule has 0 bridgehead atoms. The number of nitrogens with two attached hydrogens (primary N) is 1. The summed E-state index contributed by atoms with van der Waals surface area (Å²) >= 11 is 1.58. The highest BCUT2D eigenvalue weighted by Gasteiger charge is 2.17. The first kappa shape index (κ1) is 17.6. The van der Waals surface area contributed by atoms with Gasteiger partial charge in [0.15, 0.2) is 0 Å². The van der Waals surface area contributed by atoms with E-state index in [0.29, 0.717) is 19.0 Å². The normalized spacial score (nSPS) is 16.3. The largest absolute Gasteiger partial charge is 0.390 e. The number of aliphatic hydroxyl groups is 1. The summed E-state index contributed by atoms with van der Waals surface area (Å²) in [4.78, 5) is 4.20. The van der Waals surface area contributed by atoms with Crippen molar-refractivity contribution in [1.29, 1.82) is 0 Å². The molecule has 1 aromatic heterocycles. The zero-order valence-corrected chi connectivity index (χ0v) is 13.7. The molecule has 0 radical (unpaired) electrons. The fourth-order valence-corrected chi connectivity index (χ4v) is 2.79. The van der Waals surface area contributed by atoms with Crippen LogP contribution >= 0.6 is 11.3 Å². The van der Waals surface area contributed by atoms with Gasteiger partial charge in [0.05, 0.1) is 11.1 Å². The summed E-state index contributed by atoms with van der Waals surface area (Å²) in [5.41, 5.74) is 6.01. The molecule has 1 heterocycles. The monoisotopic (exact) mass is 299 g/mol. The van der Waals surface area contributed by atoms with Gasteiger partial charge in [0.25, 0.3) is 0 Å². The Hall–Kier alpha value is -0.490. The third kappa shape index (κ3) is 7.33. The maximum absolute atomic E-state index is 10.1. The predicted octanol–water partition coefficient (Wildman–Crippen LogP) is 2.18. The lowest BCUT2D eigenvalue weighted by Gasteiger charge is -2.21. The van der Waals surface area contributed by atoms with Gasteiger partial charge in [0, 0.05) is 36.6 Å². The van der Waals surface area contributed by atoms with Crippen LogP contribution in [0.3, 0.4) is 0 Å². The summed E-state index contributed by atoms with van der Waals surface area (Å²) < 4.78 is 0. The van der Waals surface area contributed by atoms with Crippen LogP contribution in [0.4, 0.5) is 0 Å². The van der Waals surface area contributed by atoms with Crippen LogP contribution in [0.15, 0.2) is 11.6 Å². The SMILES string of the molecule is CC(C)CCCC(C)NC[C@@H](O)[C@@H](N)Cc1nccs1. The maximum Gasteiger partial charge on any atom is 0.0941 e. The van der Waals surface area contributed by atoms with E-state index in [0.717, 1.165) is 17.3 Å². The van der Waals surface area contributed by atoms with Gasteiger partial charge in [-0.1, -0.05) is 26.7 Å². The van der Waals surface area contributed by atoms with Gasteiger partial charge < -0.3 is 16.2 Å². The quantitative estimate of drug-likeness (QED) is 0.619. The van der Waals surface area contributed by atoms with Crippen molar-refractivity contribution in [3.8, 4) is 0 Å². The Morgan fingerprint density at radius 3 is 2.70 bits per heavy atom. The summed E-state index contributed by atoms with van der Waals surface area (Å²) in [5, 5.41) is 16.4. The Bertz CT molecular complexity index is 343. The zero-order chi connectivity index (χ0) is 15.0. The second-order valence-corrected chi connectivity index (χ2v) is 6.97. The predicted molar refractivity (Wildman–Crippen MR) is 86.0 cm³/mol. The van der Waals surface area contributed by atoms with E-state index in [1.807, 2.05) is 5.38 Å². The van der Waals surface area contributed by atoms with Crippen molar-refractivity contribution in [3.05, 3.63) is 16.6 Å². The molecule has 0 aliphatic rings. The van der Waals surface area contributed by atoms with Crippen LogP contribution in [0.5, 0.6) is 0 Å². The number of thiazole rings is 1. The lowest BCUT2D eigenvalue weighted by molar-refractivity contribution is 0.138. The first-order valence-corrected chi connectivity index (χ1v) is 8.42. The van der Waals surface area contributed by atoms with Gasteiger partial charge in [-0.2, -0.15) is 0 Å². The summed E-state index contributed by atoms with van der Waals surface area (Å²) in [6, 6.07) is 0.173. The smallest absolute Gasteiger partial charge is 0.0941 e. The molecule has 0 amide bonds. The topological polar surface area (TPSA) is 71.2 Å². The molecule has 0 aromatic carbocycles. The van der Waals surface area contributed by atoms with E-state index in [1.54, 1.807) is 17.5 Å². The number of nitrogens with zero attached hydrogens (tertiary/aromatic N) is 1. The Kier molecular flexibility index (Phi) is 8.30. The Labute approximate surface area is 126 Å². The van der Waals surface area contributed by atoms with Gasteiger partial charge in [-0.3, -0.25) is 0 Å². The highest BCUT2D eigenvalue weighted by atomic mass is 32.1. The first-order valence-electron chi connectivity index (χ1n) is 7.54. The van der Waals surface area contributed by atoms with Gasteiger partial charge in [-0.15, -0.1) is 11.3 Å². The van der Waals surface area contributed by atoms with Crippen LogP contribution in [-0.4, -0.2) is 34.8 Å². The van der Waals surface area contributed by atoms with Crippen LogP contribution in [0.1, 0.15) is 45.0 Å². The fourth-order valence-electron chi connectivity index (χ4n) is 2.10. The lowest BCUT2D eigenvalue weighted by atomic mass is 10.0. The number of aliphatic hydroxyl groups excluding tert-OH is 1. The van der Waals surface area contributed by atoms with Crippen molar-refractivity contribution in [3.63, 3.8) is 0 Å². The van der Waals surface area contributed by atoms with Crippen LogP contribution in [0.2, 0.25) is 0 Å². The molecule has 116 valence electrons. The summed E-state index contributed by atoms with van der Waals surface area (Å²) in [5.74, 6) is 0.763. The third-order valence-corrected chi connectivity index (χ3v) is 4.28. The molecular weight excluding hydrogens is 270 g/mol. The van der Waals surface area contributed by atoms with Gasteiger partial charge >= 0.3 is 0 Å². The maximum atomic E-state index is 10.1. The molecule has 0 spiro atoms. The van der Waals surface area contributed by atoms with E-state index in [9.17, 15) is 5.11 Å². The van der Waals surface area contributed by atoms with Gasteiger partial charge in [-0.25, -0.2) is 4.98 Å². The fraction of sp³-hybridized carbons (Fsp3) is 0.800. The molecule has 4 nitrogen and oxygen atoms in total. The van der Waals surface area contributed by atoms with Crippen molar-refractivity contribution < 1.29 is 5.11 Å². The minimum absolute atomic E-state index is 0.253. The Morgan fingerprint density at radius 2 is 2.10 bits per heavy atom. The highest BCUT2D eigenvalue weighted by Crippen LogP contribution is 2.10. The van der Waals surface area contributed by atoms with Gasteiger partial charge in [0.2, 0.25) is 0 Å². The summed E-state index contributed by atoms with van der Waals surface area (Å²) in [7, 11) is 0. The van der Waals surface area contributed by atoms with Crippen molar-refractivity contribution >= 4 is 11.3 Å². The standard InChI is InChI=1S/C15H29N3OS/c1-11(2)5-4-6-12(3)18-10-14(19)13(16)9-15-17-7-8-20-15/h7-8,11-14,18-19H,4-6,9-10,16H2,1-3H3/t12?,13-,14+/m0/s1. The zero-order valence-electron chi connectivity index (χ0n) is 12.9. The number of nitrogens with one attached hydrogen (secondary N) is 1. The van der Waals surface area contributed by atoms with E-state index in [4.69, 9.17) is 5.73 Å². The third-order valence-electron chi connectivity index (χ3n) is 3.48. The van der Waals surface area contributed by atoms with E-state index >= 15 is 0 Å². The number of aromatic nitrogens is 1. The molecule has 0 saturated heterocycles. The minimum Gasteiger partial charge on any atom is -0.390 e. The molecule has 0 saturated carbocycles. The van der Waals surface area contributed by atoms with E-state index in [-0.39, 0.29) is 6.04 Å². The van der Waals surface area contributed by atoms with Crippen LogP contribution < -0.4 is 11.1 Å². The van der Waals surface area contributed by atoms with E-state index in [1.165, 1.54) is 12.8 Å². The van der Waals surface area contributed by atoms with Crippen molar-refractivity contribution in [2.75, 3.05) is 6.54 Å². The second-order valence-electron chi connectivity index (χ2n) is 6.00. The highest BCUT2D eigenvalue weighted by molar-refractivity contribution is 7.09. The van der Waals surface area contributed by atoms with Crippen molar-refractivity contribution in [2.24, 2.45) is 11.7 Å². The van der Waals surface area contributed by atoms with Crippen LogP contribution in [-0.2, 0) is 6.42 Å². The molecule has 4 N–H and O–H groups in total. The molecule has 3 atom stereocenters. The van der Waals surface area contributed by atoms with Crippen LogP contribution in [0.25, 0.3) is 0 Å². The summed E-state index contributed by atoms with van der Waals surface area (Å²) in [6.45, 7) is 7.22. The molecule has 0 aliphatic carbocycles. The molecule has 5 heteroatoms. The second kappa shape index (κ2) is 9.45. The molecule has 0 fully saturated rings. The minimum atomic E-state index is -0.522. The van der Waals surface area contributed by atoms with Crippen molar-refractivity contribution in [1.82, 2.24) is 10.3 Å². The molecular formula is C15H29N3OS. The molecule has 0 aliphatic heterocycles. The Balaban J connectivity index is 2.16. The first-order chi connectivity index (χ1) is 9.49.